The molecule has 1 aromatic heterocycles. The number of carboxylic acid groups (broad SMARTS) is 1. The molecule has 1 aromatic rings. The first kappa shape index (κ1) is 15.6. The van der Waals surface area contributed by atoms with Gasteiger partial charge in [0.05, 0.1) is 10.9 Å². The van der Waals surface area contributed by atoms with Crippen molar-refractivity contribution in [1.82, 2.24) is 10.0 Å². The van der Waals surface area contributed by atoms with Crippen LogP contribution in [0.3, 0.4) is 0 Å². The number of rotatable bonds is 6. The summed E-state index contributed by atoms with van der Waals surface area (Å²) >= 11 is 0.811. The van der Waals surface area contributed by atoms with Crippen LogP contribution >= 0.6 is 11.3 Å². The number of amides is 1. The van der Waals surface area contributed by atoms with E-state index in [0.29, 0.717) is 6.54 Å². The highest BCUT2D eigenvalue weighted by molar-refractivity contribution is 7.89. The van der Waals surface area contributed by atoms with E-state index in [1.54, 1.807) is 6.92 Å². The molecule has 0 fully saturated rings. The molecule has 0 bridgehead atoms. The lowest BCUT2D eigenvalue weighted by molar-refractivity contribution is -0.122. The van der Waals surface area contributed by atoms with Crippen molar-refractivity contribution in [3.63, 3.8) is 0 Å². The van der Waals surface area contributed by atoms with Crippen molar-refractivity contribution in [2.45, 2.75) is 24.8 Å². The van der Waals surface area contributed by atoms with Crippen LogP contribution in [-0.4, -0.2) is 38.0 Å². The lowest BCUT2D eigenvalue weighted by Crippen LogP contribution is -2.44. The molecule has 1 atom stereocenters. The van der Waals surface area contributed by atoms with Gasteiger partial charge in [0.2, 0.25) is 15.9 Å². The maximum atomic E-state index is 11.9. The molecule has 106 valence electrons. The van der Waals surface area contributed by atoms with Crippen LogP contribution in [0.5, 0.6) is 0 Å². The Morgan fingerprint density at radius 2 is 2.11 bits per heavy atom. The Hall–Kier alpha value is -1.45. The molecule has 1 unspecified atom stereocenters. The van der Waals surface area contributed by atoms with E-state index in [0.717, 1.165) is 17.4 Å². The number of hydrogen-bond acceptors (Lipinski definition) is 5. The third kappa shape index (κ3) is 4.01. The summed E-state index contributed by atoms with van der Waals surface area (Å²) < 4.78 is 26.0. The largest absolute Gasteiger partial charge is 0.477 e. The minimum Gasteiger partial charge on any atom is -0.477 e. The molecule has 9 heteroatoms. The summed E-state index contributed by atoms with van der Waals surface area (Å²) in [6, 6.07) is 0.123. The van der Waals surface area contributed by atoms with Crippen molar-refractivity contribution >= 4 is 33.2 Å². The van der Waals surface area contributed by atoms with Crippen LogP contribution < -0.4 is 10.0 Å². The molecule has 3 N–H and O–H groups in total. The van der Waals surface area contributed by atoms with Gasteiger partial charge in [-0.25, -0.2) is 13.2 Å². The molecule has 0 saturated carbocycles. The Kier molecular flexibility index (Phi) is 5.04. The normalized spacial score (nSPS) is 12.9. The number of likely N-dealkylation sites (N-methyl/N-ethyl adjacent to an activating group) is 1. The fourth-order valence-electron chi connectivity index (χ4n) is 1.25. The molecule has 1 rings (SSSR count). The van der Waals surface area contributed by atoms with E-state index in [9.17, 15) is 18.0 Å². The lowest BCUT2D eigenvalue weighted by Gasteiger charge is -2.12. The van der Waals surface area contributed by atoms with Gasteiger partial charge in [0, 0.05) is 11.9 Å². The highest BCUT2D eigenvalue weighted by atomic mass is 32.2. The Morgan fingerprint density at radius 3 is 2.58 bits per heavy atom. The first-order chi connectivity index (χ1) is 8.77. The predicted octanol–water partition coefficient (Wildman–Crippen LogP) is 0.249. The van der Waals surface area contributed by atoms with E-state index in [2.05, 4.69) is 10.0 Å². The average molecular weight is 306 g/mol. The van der Waals surface area contributed by atoms with Gasteiger partial charge in [-0.2, -0.15) is 4.72 Å². The van der Waals surface area contributed by atoms with Gasteiger partial charge < -0.3 is 10.4 Å². The van der Waals surface area contributed by atoms with Crippen LogP contribution in [-0.2, 0) is 14.8 Å². The van der Waals surface area contributed by atoms with Gasteiger partial charge in [0.25, 0.3) is 0 Å². The Bertz CT molecular complexity index is 578. The van der Waals surface area contributed by atoms with Gasteiger partial charge in [0.1, 0.15) is 4.88 Å². The number of sulfonamides is 1. The first-order valence-corrected chi connectivity index (χ1v) is 7.76. The fraction of sp³-hybridized carbons (Fsp3) is 0.400. The predicted molar refractivity (Wildman–Crippen MR) is 69.7 cm³/mol. The maximum absolute atomic E-state index is 11.9. The van der Waals surface area contributed by atoms with Crippen LogP contribution in [0.1, 0.15) is 23.5 Å². The SMILES string of the molecule is CCNC(=O)C(C)NS(=O)(=O)c1csc(C(=O)O)c1. The topological polar surface area (TPSA) is 113 Å². The monoisotopic (exact) mass is 306 g/mol. The first-order valence-electron chi connectivity index (χ1n) is 5.39. The van der Waals surface area contributed by atoms with Crippen LogP contribution in [0.4, 0.5) is 0 Å². The molecule has 0 aliphatic carbocycles. The van der Waals surface area contributed by atoms with Crippen LogP contribution in [0.25, 0.3) is 0 Å². The number of thiophene rings is 1. The lowest BCUT2D eigenvalue weighted by atomic mass is 10.3. The zero-order valence-electron chi connectivity index (χ0n) is 10.3. The van der Waals surface area contributed by atoms with Crippen LogP contribution in [0.15, 0.2) is 16.3 Å². The fourth-order valence-corrected chi connectivity index (χ4v) is 3.57. The standard InChI is InChI=1S/C10H14N2O5S2/c1-3-11-9(13)6(2)12-19(16,17)7-4-8(10(14)15)18-5-7/h4-6,12H,3H2,1-2H3,(H,11,13)(H,14,15). The molecule has 0 aliphatic heterocycles. The Morgan fingerprint density at radius 1 is 1.47 bits per heavy atom. The highest BCUT2D eigenvalue weighted by Gasteiger charge is 2.23. The number of hydrogen-bond donors (Lipinski definition) is 3. The molecule has 0 radical (unpaired) electrons. The van der Waals surface area contributed by atoms with Crippen molar-refractivity contribution in [3.05, 3.63) is 16.3 Å². The van der Waals surface area contributed by atoms with Crippen molar-refractivity contribution in [3.8, 4) is 0 Å². The molecule has 0 saturated heterocycles. The number of carbonyl (C=O) groups is 2. The number of nitrogens with one attached hydrogen (secondary N) is 2. The number of carbonyl (C=O) groups excluding carboxylic acids is 1. The number of carboxylic acids is 1. The molecule has 0 aromatic carbocycles. The van der Waals surface area contributed by atoms with Crippen molar-refractivity contribution in [2.24, 2.45) is 0 Å². The van der Waals surface area contributed by atoms with Gasteiger partial charge in [0.15, 0.2) is 0 Å². The smallest absolute Gasteiger partial charge is 0.345 e. The van der Waals surface area contributed by atoms with Crippen LogP contribution in [0.2, 0.25) is 0 Å². The summed E-state index contributed by atoms with van der Waals surface area (Å²) in [5.74, 6) is -1.64. The summed E-state index contributed by atoms with van der Waals surface area (Å²) in [6.45, 7) is 3.52. The summed E-state index contributed by atoms with van der Waals surface area (Å²) in [5.41, 5.74) is 0. The maximum Gasteiger partial charge on any atom is 0.345 e. The van der Waals surface area contributed by atoms with E-state index in [4.69, 9.17) is 5.11 Å². The quantitative estimate of drug-likeness (QED) is 0.697. The third-order valence-corrected chi connectivity index (χ3v) is 4.76. The van der Waals surface area contributed by atoms with E-state index in [1.165, 1.54) is 12.3 Å². The van der Waals surface area contributed by atoms with E-state index in [-0.39, 0.29) is 9.77 Å². The highest BCUT2D eigenvalue weighted by Crippen LogP contribution is 2.19. The molecule has 0 spiro atoms. The average Bonchev–Trinajstić information content (AvgIpc) is 2.78. The Labute approximate surface area is 114 Å². The van der Waals surface area contributed by atoms with E-state index >= 15 is 0 Å². The zero-order chi connectivity index (χ0) is 14.6. The molecule has 19 heavy (non-hydrogen) atoms. The van der Waals surface area contributed by atoms with Gasteiger partial charge in [-0.3, -0.25) is 4.79 Å². The molecule has 7 nitrogen and oxygen atoms in total. The second kappa shape index (κ2) is 6.13. The molecular weight excluding hydrogens is 292 g/mol. The Balaban J connectivity index is 2.86. The summed E-state index contributed by atoms with van der Waals surface area (Å²) in [4.78, 5) is 21.9. The second-order valence-electron chi connectivity index (χ2n) is 3.69. The van der Waals surface area contributed by atoms with Gasteiger partial charge in [-0.05, 0) is 19.9 Å². The summed E-state index contributed by atoms with van der Waals surface area (Å²) in [6.07, 6.45) is 0. The molecule has 0 aliphatic rings. The molecule has 1 amide bonds. The minimum atomic E-state index is -3.90. The van der Waals surface area contributed by atoms with Gasteiger partial charge in [-0.15, -0.1) is 11.3 Å². The van der Waals surface area contributed by atoms with Gasteiger partial charge in [-0.1, -0.05) is 0 Å². The molecular formula is C10H14N2O5S2. The number of aromatic carboxylic acids is 1. The van der Waals surface area contributed by atoms with E-state index < -0.39 is 27.9 Å². The van der Waals surface area contributed by atoms with Crippen molar-refractivity contribution in [2.75, 3.05) is 6.54 Å². The van der Waals surface area contributed by atoms with Crippen LogP contribution in [0, 0.1) is 0 Å². The summed E-state index contributed by atoms with van der Waals surface area (Å²) in [5, 5.41) is 12.4. The molecule has 1 heterocycles. The second-order valence-corrected chi connectivity index (χ2v) is 6.31. The third-order valence-electron chi connectivity index (χ3n) is 2.17. The minimum absolute atomic E-state index is 0.0777. The van der Waals surface area contributed by atoms with E-state index in [1.807, 2.05) is 0 Å². The van der Waals surface area contributed by atoms with Crippen molar-refractivity contribution < 1.29 is 23.1 Å². The van der Waals surface area contributed by atoms with Gasteiger partial charge >= 0.3 is 5.97 Å². The summed E-state index contributed by atoms with van der Waals surface area (Å²) in [7, 11) is -3.90. The zero-order valence-corrected chi connectivity index (χ0v) is 12.0. The van der Waals surface area contributed by atoms with Crippen molar-refractivity contribution in [1.29, 1.82) is 0 Å².